The number of piperazine rings is 1. The van der Waals surface area contributed by atoms with Crippen molar-refractivity contribution in [1.82, 2.24) is 14.9 Å². The summed E-state index contributed by atoms with van der Waals surface area (Å²) in [6, 6.07) is 10.0. The largest absolute Gasteiger partial charge is 0.462 e. The topological polar surface area (TPSA) is 102 Å². The van der Waals surface area contributed by atoms with Crippen molar-refractivity contribution in [3.05, 3.63) is 46.8 Å². The molecule has 1 saturated heterocycles. The summed E-state index contributed by atoms with van der Waals surface area (Å²) in [4.78, 5) is 38.4. The van der Waals surface area contributed by atoms with Gasteiger partial charge in [-0.1, -0.05) is 30.3 Å². The normalized spacial score (nSPS) is 14.1. The predicted octanol–water partition coefficient (Wildman–Crippen LogP) is 2.73. The van der Waals surface area contributed by atoms with E-state index in [2.05, 4.69) is 14.9 Å². The Morgan fingerprint density at radius 2 is 1.87 bits per heavy atom. The summed E-state index contributed by atoms with van der Waals surface area (Å²) < 4.78 is 5.19. The molecule has 0 unspecified atom stereocenters. The van der Waals surface area contributed by atoms with Gasteiger partial charge in [0.2, 0.25) is 11.9 Å². The summed E-state index contributed by atoms with van der Waals surface area (Å²) in [6.07, 6.45) is 1.23. The molecule has 9 heteroatoms. The zero-order valence-electron chi connectivity index (χ0n) is 17.4. The van der Waals surface area contributed by atoms with Crippen molar-refractivity contribution in [1.29, 1.82) is 0 Å². The molecule has 4 rings (SSSR count). The third-order valence-electron chi connectivity index (χ3n) is 5.33. The Hall–Kier alpha value is -3.20. The van der Waals surface area contributed by atoms with E-state index < -0.39 is 5.97 Å². The number of aryl methyl sites for hydroxylation is 1. The third kappa shape index (κ3) is 4.61. The second kappa shape index (κ2) is 9.30. The average molecular weight is 440 g/mol. The predicted molar refractivity (Wildman–Crippen MR) is 121 cm³/mol. The second-order valence-corrected chi connectivity index (χ2v) is 8.17. The molecule has 2 N–H and O–H groups in total. The van der Waals surface area contributed by atoms with Crippen LogP contribution in [0.5, 0.6) is 0 Å². The molecule has 0 aliphatic carbocycles. The van der Waals surface area contributed by atoms with Gasteiger partial charge in [0, 0.05) is 38.0 Å². The molecule has 1 aliphatic heterocycles. The lowest BCUT2D eigenvalue weighted by atomic mass is 10.1. The maximum atomic E-state index is 12.7. The van der Waals surface area contributed by atoms with E-state index >= 15 is 0 Å². The van der Waals surface area contributed by atoms with Crippen LogP contribution in [0.2, 0.25) is 0 Å². The van der Waals surface area contributed by atoms with Crippen LogP contribution >= 0.6 is 11.3 Å². The van der Waals surface area contributed by atoms with Crippen LogP contribution in [0.3, 0.4) is 0 Å². The molecule has 1 aliphatic rings. The standard InChI is InChI=1S/C22H25N5O3S/c1-2-30-21(29)16-14-31-20-18(16)19(24-22(23)25-20)27-12-10-26(11-13-27)17(28)9-8-15-6-4-3-5-7-15/h3-7,14H,2,8-13H2,1H3,(H2,23,24,25). The van der Waals surface area contributed by atoms with Crippen molar-refractivity contribution in [2.75, 3.05) is 43.4 Å². The van der Waals surface area contributed by atoms with Crippen LogP contribution in [-0.4, -0.2) is 59.5 Å². The van der Waals surface area contributed by atoms with E-state index in [1.807, 2.05) is 35.2 Å². The molecule has 0 saturated carbocycles. The number of aromatic nitrogens is 2. The van der Waals surface area contributed by atoms with Crippen molar-refractivity contribution in [2.24, 2.45) is 0 Å². The first-order chi connectivity index (χ1) is 15.1. The average Bonchev–Trinajstić information content (AvgIpc) is 3.22. The molecule has 31 heavy (non-hydrogen) atoms. The van der Waals surface area contributed by atoms with Gasteiger partial charge in [0.25, 0.3) is 0 Å². The number of thiophene rings is 1. The van der Waals surface area contributed by atoms with Crippen LogP contribution in [0.1, 0.15) is 29.3 Å². The fraction of sp³-hybridized carbons (Fsp3) is 0.364. The number of amides is 1. The SMILES string of the molecule is CCOC(=O)c1csc2nc(N)nc(N3CCN(C(=O)CCc4ccccc4)CC3)c12. The first-order valence-electron chi connectivity index (χ1n) is 10.3. The molecule has 2 aromatic heterocycles. The number of carbonyl (C=O) groups is 2. The van der Waals surface area contributed by atoms with E-state index in [0.29, 0.717) is 60.8 Å². The van der Waals surface area contributed by atoms with Crippen molar-refractivity contribution in [3.63, 3.8) is 0 Å². The molecular weight excluding hydrogens is 414 g/mol. The Kier molecular flexibility index (Phi) is 6.31. The first-order valence-corrected chi connectivity index (χ1v) is 11.2. The molecular formula is C22H25N5O3S. The summed E-state index contributed by atoms with van der Waals surface area (Å²) in [5.74, 6) is 0.556. The summed E-state index contributed by atoms with van der Waals surface area (Å²) in [7, 11) is 0. The monoisotopic (exact) mass is 439 g/mol. The van der Waals surface area contributed by atoms with Gasteiger partial charge in [-0.05, 0) is 18.9 Å². The van der Waals surface area contributed by atoms with E-state index in [1.54, 1.807) is 12.3 Å². The van der Waals surface area contributed by atoms with Gasteiger partial charge >= 0.3 is 5.97 Å². The van der Waals surface area contributed by atoms with Crippen molar-refractivity contribution >= 4 is 45.2 Å². The van der Waals surface area contributed by atoms with Gasteiger partial charge in [0.15, 0.2) is 0 Å². The van der Waals surface area contributed by atoms with Crippen LogP contribution in [0.4, 0.5) is 11.8 Å². The molecule has 0 bridgehead atoms. The molecule has 0 atom stereocenters. The highest BCUT2D eigenvalue weighted by molar-refractivity contribution is 7.17. The first kappa shape index (κ1) is 21.0. The fourth-order valence-electron chi connectivity index (χ4n) is 3.75. The summed E-state index contributed by atoms with van der Waals surface area (Å²) >= 11 is 1.35. The van der Waals surface area contributed by atoms with Gasteiger partial charge in [-0.3, -0.25) is 4.79 Å². The summed E-state index contributed by atoms with van der Waals surface area (Å²) in [5, 5.41) is 2.41. The number of nitrogens with zero attached hydrogens (tertiary/aromatic N) is 4. The summed E-state index contributed by atoms with van der Waals surface area (Å²) in [5.41, 5.74) is 7.54. The Labute approximate surface area is 184 Å². The molecule has 3 aromatic rings. The molecule has 0 radical (unpaired) electrons. The molecule has 0 spiro atoms. The van der Waals surface area contributed by atoms with Crippen molar-refractivity contribution in [3.8, 4) is 0 Å². The van der Waals surface area contributed by atoms with Gasteiger partial charge in [0.05, 0.1) is 17.6 Å². The molecule has 1 aromatic carbocycles. The number of carbonyl (C=O) groups excluding carboxylic acids is 2. The van der Waals surface area contributed by atoms with Gasteiger partial charge in [-0.2, -0.15) is 4.98 Å². The van der Waals surface area contributed by atoms with Crippen LogP contribution in [-0.2, 0) is 16.0 Å². The molecule has 8 nitrogen and oxygen atoms in total. The van der Waals surface area contributed by atoms with Crippen LogP contribution in [0, 0.1) is 0 Å². The molecule has 1 amide bonds. The highest BCUT2D eigenvalue weighted by Crippen LogP contribution is 2.33. The van der Waals surface area contributed by atoms with Crippen LogP contribution in [0.25, 0.3) is 10.2 Å². The minimum absolute atomic E-state index is 0.151. The minimum atomic E-state index is -0.391. The molecule has 3 heterocycles. The van der Waals surface area contributed by atoms with E-state index in [-0.39, 0.29) is 11.9 Å². The maximum absolute atomic E-state index is 12.7. The lowest BCUT2D eigenvalue weighted by Gasteiger charge is -2.35. The van der Waals surface area contributed by atoms with Crippen molar-refractivity contribution in [2.45, 2.75) is 19.8 Å². The highest BCUT2D eigenvalue weighted by atomic mass is 32.1. The Morgan fingerprint density at radius 1 is 1.13 bits per heavy atom. The number of fused-ring (bicyclic) bond motifs is 1. The number of ether oxygens (including phenoxy) is 1. The number of rotatable bonds is 6. The maximum Gasteiger partial charge on any atom is 0.339 e. The zero-order chi connectivity index (χ0) is 21.8. The quantitative estimate of drug-likeness (QED) is 0.589. The van der Waals surface area contributed by atoms with Crippen LogP contribution in [0.15, 0.2) is 35.7 Å². The van der Waals surface area contributed by atoms with Gasteiger partial charge in [-0.25, -0.2) is 9.78 Å². The lowest BCUT2D eigenvalue weighted by molar-refractivity contribution is -0.131. The summed E-state index contributed by atoms with van der Waals surface area (Å²) in [6.45, 7) is 4.48. The highest BCUT2D eigenvalue weighted by Gasteiger charge is 2.26. The zero-order valence-corrected chi connectivity index (χ0v) is 18.2. The number of hydrogen-bond acceptors (Lipinski definition) is 8. The van der Waals surface area contributed by atoms with Gasteiger partial charge in [0.1, 0.15) is 10.6 Å². The third-order valence-corrected chi connectivity index (χ3v) is 6.20. The smallest absolute Gasteiger partial charge is 0.339 e. The van der Waals surface area contributed by atoms with Crippen LogP contribution < -0.4 is 10.6 Å². The van der Waals surface area contributed by atoms with E-state index in [1.165, 1.54) is 11.3 Å². The Bertz CT molecular complexity index is 1080. The Balaban J connectivity index is 1.46. The lowest BCUT2D eigenvalue weighted by Crippen LogP contribution is -2.49. The van der Waals surface area contributed by atoms with E-state index in [4.69, 9.17) is 10.5 Å². The number of nitrogens with two attached hydrogens (primary N) is 1. The number of benzene rings is 1. The molecule has 162 valence electrons. The van der Waals surface area contributed by atoms with Gasteiger partial charge in [-0.15, -0.1) is 11.3 Å². The number of hydrogen-bond donors (Lipinski definition) is 1. The number of anilines is 2. The van der Waals surface area contributed by atoms with E-state index in [0.717, 1.165) is 12.0 Å². The van der Waals surface area contributed by atoms with E-state index in [9.17, 15) is 9.59 Å². The van der Waals surface area contributed by atoms with Crippen molar-refractivity contribution < 1.29 is 14.3 Å². The van der Waals surface area contributed by atoms with Gasteiger partial charge < -0.3 is 20.3 Å². The number of esters is 1. The minimum Gasteiger partial charge on any atom is -0.462 e. The second-order valence-electron chi connectivity index (χ2n) is 7.31. The number of nitrogen functional groups attached to an aromatic ring is 1. The molecule has 1 fully saturated rings. The Morgan fingerprint density at radius 3 is 2.58 bits per heavy atom. The fourth-order valence-corrected chi connectivity index (χ4v) is 4.66.